The summed E-state index contributed by atoms with van der Waals surface area (Å²) in [5.41, 5.74) is 1.63. The molecule has 0 aliphatic carbocycles. The summed E-state index contributed by atoms with van der Waals surface area (Å²) in [7, 11) is 0. The van der Waals surface area contributed by atoms with Gasteiger partial charge in [-0.25, -0.2) is 9.89 Å². The Morgan fingerprint density at radius 3 is 2.69 bits per heavy atom. The fourth-order valence-electron chi connectivity index (χ4n) is 3.76. The number of nitro benzene ring substituents is 1. The molecule has 1 aliphatic rings. The van der Waals surface area contributed by atoms with Gasteiger partial charge in [0.05, 0.1) is 4.92 Å². The number of aromatic nitrogens is 4. The van der Waals surface area contributed by atoms with E-state index in [1.165, 1.54) is 36.1 Å². The van der Waals surface area contributed by atoms with E-state index in [9.17, 15) is 24.5 Å². The number of H-pyrrole nitrogens is 1. The van der Waals surface area contributed by atoms with Gasteiger partial charge in [0.1, 0.15) is 12.6 Å². The molecule has 3 aromatic rings. The molecule has 0 unspecified atom stereocenters. The van der Waals surface area contributed by atoms with Crippen molar-refractivity contribution in [1.82, 2.24) is 25.5 Å². The Kier molecular flexibility index (Phi) is 7.53. The lowest BCUT2D eigenvalue weighted by atomic mass is 10.1. The summed E-state index contributed by atoms with van der Waals surface area (Å²) in [5, 5.41) is 26.8. The van der Waals surface area contributed by atoms with Crippen LogP contribution in [-0.2, 0) is 20.9 Å². The molecule has 1 aromatic heterocycles. The van der Waals surface area contributed by atoms with Crippen LogP contribution in [0.25, 0.3) is 11.4 Å². The zero-order valence-corrected chi connectivity index (χ0v) is 19.8. The minimum absolute atomic E-state index is 0.0749. The third-order valence-corrected chi connectivity index (χ3v) is 6.40. The number of carbonyl (C=O) groups excluding carboxylic acids is 3. The Labute approximate surface area is 208 Å². The van der Waals surface area contributed by atoms with Crippen molar-refractivity contribution in [3.63, 3.8) is 0 Å². The van der Waals surface area contributed by atoms with Gasteiger partial charge >= 0.3 is 6.09 Å². The molecule has 1 aliphatic heterocycles. The number of nitrogens with zero attached hydrogens (tertiary/aromatic N) is 5. The molecule has 186 valence electrons. The minimum atomic E-state index is -0.859. The number of thioether (sulfide) groups is 1. The standard InChI is InChI=1S/C22H21N7O6S/c1-13(30)36-18-10-19(21(31)23-16-4-2-3-15(9-16)20-24-26-27-25-20)28(11-18)22(32)35-12-14-5-7-17(8-6-14)29(33)34/h2-9,18-19H,10-12H2,1H3,(H,23,31)(H,24,25,26,27)/t18-,19-/m0/s1. The van der Waals surface area contributed by atoms with Crippen LogP contribution in [0.3, 0.4) is 0 Å². The molecular formula is C22H21N7O6S. The van der Waals surface area contributed by atoms with Crippen molar-refractivity contribution < 1.29 is 24.0 Å². The summed E-state index contributed by atoms with van der Waals surface area (Å²) in [6, 6.07) is 11.6. The van der Waals surface area contributed by atoms with Crippen LogP contribution in [0.2, 0.25) is 0 Å². The maximum absolute atomic E-state index is 13.2. The molecule has 2 amide bonds. The number of nitro groups is 1. The van der Waals surface area contributed by atoms with E-state index in [2.05, 4.69) is 25.9 Å². The summed E-state index contributed by atoms with van der Waals surface area (Å²) in [6.07, 6.45) is -0.448. The van der Waals surface area contributed by atoms with Crippen LogP contribution in [0.1, 0.15) is 18.9 Å². The monoisotopic (exact) mass is 511 g/mol. The van der Waals surface area contributed by atoms with E-state index in [0.29, 0.717) is 22.6 Å². The van der Waals surface area contributed by atoms with Crippen molar-refractivity contribution in [1.29, 1.82) is 0 Å². The first-order chi connectivity index (χ1) is 17.3. The average Bonchev–Trinajstić information content (AvgIpc) is 3.53. The molecule has 0 saturated carbocycles. The number of ether oxygens (including phenoxy) is 1. The van der Waals surface area contributed by atoms with Crippen LogP contribution in [0.4, 0.5) is 16.2 Å². The summed E-state index contributed by atoms with van der Waals surface area (Å²) in [4.78, 5) is 49.3. The molecule has 2 N–H and O–H groups in total. The van der Waals surface area contributed by atoms with Gasteiger partial charge in [0.2, 0.25) is 5.91 Å². The highest BCUT2D eigenvalue weighted by molar-refractivity contribution is 8.14. The molecule has 2 heterocycles. The number of likely N-dealkylation sites (tertiary alicyclic amines) is 1. The minimum Gasteiger partial charge on any atom is -0.445 e. The fraction of sp³-hybridized carbons (Fsp3) is 0.273. The smallest absolute Gasteiger partial charge is 0.410 e. The zero-order valence-electron chi connectivity index (χ0n) is 19.0. The van der Waals surface area contributed by atoms with Crippen LogP contribution in [-0.4, -0.2) is 65.4 Å². The molecule has 0 radical (unpaired) electrons. The third kappa shape index (κ3) is 6.02. The van der Waals surface area contributed by atoms with E-state index >= 15 is 0 Å². The van der Waals surface area contributed by atoms with Crippen molar-refractivity contribution in [2.45, 2.75) is 31.2 Å². The lowest BCUT2D eigenvalue weighted by Crippen LogP contribution is -2.43. The summed E-state index contributed by atoms with van der Waals surface area (Å²) in [6.45, 7) is 1.46. The SMILES string of the molecule is CC(=O)S[C@H]1C[C@@H](C(=O)Nc2cccc(-c3nnn[nH]3)c2)N(C(=O)OCc2ccc([N+](=O)[O-])cc2)C1. The number of nitrogens with one attached hydrogen (secondary N) is 2. The lowest BCUT2D eigenvalue weighted by Gasteiger charge is -2.23. The maximum Gasteiger partial charge on any atom is 0.410 e. The summed E-state index contributed by atoms with van der Waals surface area (Å²) in [5.74, 6) is 0.00289. The Hall–Kier alpha value is -4.33. The molecule has 4 rings (SSSR count). The number of rotatable bonds is 7. The number of benzene rings is 2. The average molecular weight is 512 g/mol. The van der Waals surface area contributed by atoms with Crippen LogP contribution in [0.5, 0.6) is 0 Å². The predicted molar refractivity (Wildman–Crippen MR) is 129 cm³/mol. The van der Waals surface area contributed by atoms with Crippen LogP contribution < -0.4 is 5.32 Å². The Bertz CT molecular complexity index is 1270. The van der Waals surface area contributed by atoms with Gasteiger partial charge < -0.3 is 10.1 Å². The van der Waals surface area contributed by atoms with Crippen LogP contribution in [0.15, 0.2) is 48.5 Å². The van der Waals surface area contributed by atoms with Crippen molar-refractivity contribution in [2.75, 3.05) is 11.9 Å². The van der Waals surface area contributed by atoms with E-state index in [4.69, 9.17) is 4.74 Å². The normalized spacial score (nSPS) is 17.0. The summed E-state index contributed by atoms with van der Waals surface area (Å²) >= 11 is 1.07. The first-order valence-electron chi connectivity index (χ1n) is 10.8. The first kappa shape index (κ1) is 24.8. The topological polar surface area (TPSA) is 173 Å². The van der Waals surface area contributed by atoms with Gasteiger partial charge in [-0.3, -0.25) is 24.6 Å². The molecule has 2 atom stereocenters. The number of amides is 2. The Morgan fingerprint density at radius 2 is 2.03 bits per heavy atom. The molecule has 36 heavy (non-hydrogen) atoms. The number of anilines is 1. The molecule has 2 aromatic carbocycles. The molecule has 13 nitrogen and oxygen atoms in total. The molecular weight excluding hydrogens is 490 g/mol. The lowest BCUT2D eigenvalue weighted by molar-refractivity contribution is -0.384. The molecule has 0 spiro atoms. The van der Waals surface area contributed by atoms with E-state index in [-0.39, 0.29) is 35.6 Å². The number of hydrogen-bond donors (Lipinski definition) is 2. The number of tetrazole rings is 1. The second-order valence-electron chi connectivity index (χ2n) is 7.93. The van der Waals surface area contributed by atoms with Gasteiger partial charge in [-0.1, -0.05) is 23.9 Å². The number of aromatic amines is 1. The van der Waals surface area contributed by atoms with E-state index in [0.717, 1.165) is 11.8 Å². The van der Waals surface area contributed by atoms with Gasteiger partial charge in [-0.15, -0.1) is 5.10 Å². The first-order valence-corrected chi connectivity index (χ1v) is 11.7. The largest absolute Gasteiger partial charge is 0.445 e. The molecule has 14 heteroatoms. The van der Waals surface area contributed by atoms with E-state index in [1.54, 1.807) is 24.3 Å². The Balaban J connectivity index is 1.44. The van der Waals surface area contributed by atoms with E-state index in [1.807, 2.05) is 0 Å². The quantitative estimate of drug-likeness (QED) is 0.354. The zero-order chi connectivity index (χ0) is 25.7. The van der Waals surface area contributed by atoms with E-state index < -0.39 is 23.0 Å². The second-order valence-corrected chi connectivity index (χ2v) is 9.41. The van der Waals surface area contributed by atoms with Crippen molar-refractivity contribution >= 4 is 40.3 Å². The van der Waals surface area contributed by atoms with Gasteiger partial charge in [-0.2, -0.15) is 0 Å². The van der Waals surface area contributed by atoms with Gasteiger partial charge in [0, 0.05) is 42.1 Å². The second kappa shape index (κ2) is 10.9. The number of hydrogen-bond acceptors (Lipinski definition) is 10. The Morgan fingerprint density at radius 1 is 1.25 bits per heavy atom. The van der Waals surface area contributed by atoms with Crippen molar-refractivity contribution in [3.8, 4) is 11.4 Å². The van der Waals surface area contributed by atoms with Crippen LogP contribution in [0, 0.1) is 10.1 Å². The van der Waals surface area contributed by atoms with Gasteiger partial charge in [0.15, 0.2) is 10.9 Å². The van der Waals surface area contributed by atoms with Crippen molar-refractivity contribution in [2.24, 2.45) is 0 Å². The highest BCUT2D eigenvalue weighted by Gasteiger charge is 2.41. The highest BCUT2D eigenvalue weighted by Crippen LogP contribution is 2.30. The maximum atomic E-state index is 13.2. The molecule has 1 fully saturated rings. The predicted octanol–water partition coefficient (Wildman–Crippen LogP) is 2.77. The fourth-order valence-corrected chi connectivity index (χ4v) is 4.74. The van der Waals surface area contributed by atoms with Crippen LogP contribution >= 0.6 is 11.8 Å². The molecule has 1 saturated heterocycles. The molecule has 0 bridgehead atoms. The summed E-state index contributed by atoms with van der Waals surface area (Å²) < 4.78 is 5.38. The third-order valence-electron chi connectivity index (χ3n) is 5.39. The van der Waals surface area contributed by atoms with Gasteiger partial charge in [-0.05, 0) is 46.7 Å². The highest BCUT2D eigenvalue weighted by atomic mass is 32.2. The number of non-ortho nitro benzene ring substituents is 1. The van der Waals surface area contributed by atoms with Crippen molar-refractivity contribution in [3.05, 3.63) is 64.2 Å². The van der Waals surface area contributed by atoms with Gasteiger partial charge in [0.25, 0.3) is 5.69 Å². The number of carbonyl (C=O) groups is 3.